The molecule has 0 N–H and O–H groups in total. The highest BCUT2D eigenvalue weighted by molar-refractivity contribution is 5.70. The standard InChI is InChI=1S/C54H97NO8/c1-6-8-10-12-14-16-17-18-19-20-21-22-23-24-25-26-27-28-29-30-31-32-33-34-35-37-39-41-43-45-52(57)63-50(49-62-54(53(58)59)60-47-46-55(3,4)5)48-61-51(56)44-42-40-38-36-15-13-11-9-7-2/h8,10,14,16,18-19,21-22,50,54H,6-7,9,11-13,15,17,20,23-49H2,1-5H3/b10-8-,16-14-,19-18-,22-21-. The summed E-state index contributed by atoms with van der Waals surface area (Å²) in [5, 5.41) is 11.7. The predicted octanol–water partition coefficient (Wildman–Crippen LogP) is 13.0. The minimum absolute atomic E-state index is 0.149. The lowest BCUT2D eigenvalue weighted by Gasteiger charge is -2.26. The molecule has 0 bridgehead atoms. The summed E-state index contributed by atoms with van der Waals surface area (Å²) in [5.41, 5.74) is 0. The van der Waals surface area contributed by atoms with Crippen molar-refractivity contribution < 1.29 is 42.9 Å². The molecule has 0 aromatic heterocycles. The number of likely N-dealkylation sites (N-methyl/N-ethyl adjacent to an activating group) is 1. The van der Waals surface area contributed by atoms with Gasteiger partial charge in [0.15, 0.2) is 12.4 Å². The van der Waals surface area contributed by atoms with Crippen LogP contribution in [-0.4, -0.2) is 82.3 Å². The zero-order valence-electron chi connectivity index (χ0n) is 41.4. The summed E-state index contributed by atoms with van der Waals surface area (Å²) in [7, 11) is 5.91. The Labute approximate surface area is 387 Å². The summed E-state index contributed by atoms with van der Waals surface area (Å²) in [4.78, 5) is 37.0. The van der Waals surface area contributed by atoms with E-state index in [1.54, 1.807) is 0 Å². The van der Waals surface area contributed by atoms with Crippen LogP contribution in [0.15, 0.2) is 48.6 Å². The summed E-state index contributed by atoms with van der Waals surface area (Å²) in [6, 6.07) is 0. The van der Waals surface area contributed by atoms with Gasteiger partial charge in [-0.1, -0.05) is 204 Å². The third kappa shape index (κ3) is 47.0. The molecule has 366 valence electrons. The Kier molecular flexibility index (Phi) is 43.8. The fourth-order valence-electron chi connectivity index (χ4n) is 7.12. The number of carboxylic acids is 1. The first-order chi connectivity index (χ1) is 30.6. The van der Waals surface area contributed by atoms with Crippen molar-refractivity contribution >= 4 is 17.9 Å². The summed E-state index contributed by atoms with van der Waals surface area (Å²) >= 11 is 0. The van der Waals surface area contributed by atoms with Crippen molar-refractivity contribution in [3.8, 4) is 0 Å². The minimum Gasteiger partial charge on any atom is -0.545 e. The van der Waals surface area contributed by atoms with Crippen molar-refractivity contribution in [2.24, 2.45) is 0 Å². The van der Waals surface area contributed by atoms with Crippen molar-refractivity contribution in [3.05, 3.63) is 48.6 Å². The maximum Gasteiger partial charge on any atom is 0.306 e. The minimum atomic E-state index is -1.62. The van der Waals surface area contributed by atoms with Gasteiger partial charge in [0.2, 0.25) is 0 Å². The molecule has 0 aromatic rings. The van der Waals surface area contributed by atoms with Gasteiger partial charge in [0, 0.05) is 12.8 Å². The van der Waals surface area contributed by atoms with Gasteiger partial charge in [0.25, 0.3) is 0 Å². The number of carbonyl (C=O) groups is 3. The maximum absolute atomic E-state index is 12.8. The average molecular weight is 888 g/mol. The molecule has 0 saturated carbocycles. The molecule has 0 aliphatic heterocycles. The molecule has 2 unspecified atom stereocenters. The van der Waals surface area contributed by atoms with E-state index in [1.807, 2.05) is 21.1 Å². The molecule has 0 aliphatic carbocycles. The monoisotopic (exact) mass is 888 g/mol. The molecular weight excluding hydrogens is 791 g/mol. The van der Waals surface area contributed by atoms with Crippen molar-refractivity contribution in [1.29, 1.82) is 0 Å². The lowest BCUT2D eigenvalue weighted by Crippen LogP contribution is -2.44. The zero-order chi connectivity index (χ0) is 46.3. The van der Waals surface area contributed by atoms with Gasteiger partial charge in [-0.25, -0.2) is 0 Å². The third-order valence-corrected chi connectivity index (χ3v) is 11.1. The molecule has 0 aliphatic rings. The van der Waals surface area contributed by atoms with E-state index in [0.717, 1.165) is 57.8 Å². The molecule has 0 heterocycles. The molecule has 0 radical (unpaired) electrons. The van der Waals surface area contributed by atoms with Crippen molar-refractivity contribution in [3.63, 3.8) is 0 Å². The van der Waals surface area contributed by atoms with E-state index in [1.165, 1.54) is 128 Å². The number of ether oxygens (including phenoxy) is 4. The first-order valence-electron chi connectivity index (χ1n) is 25.8. The van der Waals surface area contributed by atoms with Gasteiger partial charge < -0.3 is 33.3 Å². The number of carbonyl (C=O) groups excluding carboxylic acids is 3. The summed E-state index contributed by atoms with van der Waals surface area (Å²) < 4.78 is 22.6. The Morgan fingerprint density at radius 2 is 0.905 bits per heavy atom. The van der Waals surface area contributed by atoms with E-state index in [2.05, 4.69) is 62.5 Å². The van der Waals surface area contributed by atoms with Gasteiger partial charge in [-0.15, -0.1) is 0 Å². The van der Waals surface area contributed by atoms with E-state index >= 15 is 0 Å². The molecule has 9 nitrogen and oxygen atoms in total. The van der Waals surface area contributed by atoms with Crippen LogP contribution in [0.5, 0.6) is 0 Å². The fraction of sp³-hybridized carbons (Fsp3) is 0.796. The summed E-state index contributed by atoms with van der Waals surface area (Å²) in [6.07, 6.45) is 51.7. The maximum atomic E-state index is 12.8. The first kappa shape index (κ1) is 60.2. The molecule has 0 fully saturated rings. The Hall–Kier alpha value is -2.75. The van der Waals surface area contributed by atoms with Crippen LogP contribution in [0.3, 0.4) is 0 Å². The van der Waals surface area contributed by atoms with Crippen LogP contribution < -0.4 is 5.11 Å². The second-order valence-corrected chi connectivity index (χ2v) is 18.4. The summed E-state index contributed by atoms with van der Waals surface area (Å²) in [5.74, 6) is -2.28. The molecule has 0 rings (SSSR count). The van der Waals surface area contributed by atoms with E-state index in [-0.39, 0.29) is 32.2 Å². The molecule has 0 spiro atoms. The van der Waals surface area contributed by atoms with Crippen molar-refractivity contribution in [2.45, 2.75) is 232 Å². The number of nitrogens with zero attached hydrogens (tertiary/aromatic N) is 1. The highest BCUT2D eigenvalue weighted by Crippen LogP contribution is 2.16. The van der Waals surface area contributed by atoms with Gasteiger partial charge >= 0.3 is 11.9 Å². The van der Waals surface area contributed by atoms with Gasteiger partial charge in [-0.05, 0) is 51.4 Å². The highest BCUT2D eigenvalue weighted by Gasteiger charge is 2.22. The normalized spacial score (nSPS) is 13.2. The quantitative estimate of drug-likeness (QED) is 0.0195. The number of quaternary nitrogens is 1. The fourth-order valence-corrected chi connectivity index (χ4v) is 7.12. The number of carboxylic acid groups (broad SMARTS) is 1. The Morgan fingerprint density at radius 1 is 0.492 bits per heavy atom. The summed E-state index contributed by atoms with van der Waals surface area (Å²) in [6.45, 7) is 4.62. The third-order valence-electron chi connectivity index (χ3n) is 11.1. The topological polar surface area (TPSA) is 111 Å². The Morgan fingerprint density at radius 3 is 1.35 bits per heavy atom. The van der Waals surface area contributed by atoms with Crippen LogP contribution >= 0.6 is 0 Å². The van der Waals surface area contributed by atoms with Crippen LogP contribution in [0.4, 0.5) is 0 Å². The van der Waals surface area contributed by atoms with Crippen molar-refractivity contribution in [1.82, 2.24) is 0 Å². The first-order valence-corrected chi connectivity index (χ1v) is 25.8. The van der Waals surface area contributed by atoms with Crippen LogP contribution in [0.2, 0.25) is 0 Å². The molecular formula is C54H97NO8. The lowest BCUT2D eigenvalue weighted by molar-refractivity contribution is -0.870. The number of hydrogen-bond acceptors (Lipinski definition) is 8. The zero-order valence-corrected chi connectivity index (χ0v) is 41.4. The molecule has 0 amide bonds. The van der Waals surface area contributed by atoms with E-state index in [4.69, 9.17) is 18.9 Å². The molecule has 0 aromatic carbocycles. The largest absolute Gasteiger partial charge is 0.545 e. The number of rotatable bonds is 47. The SMILES string of the molecule is CC/C=C\C/C=C\C/C=C\C/C=C\CCCCCCCCCCCCCCCCCCC(=O)OC(COC(=O)CCCCCCCCCCC)COC(OCC[N+](C)(C)C)C(=O)[O-]. The molecule has 2 atom stereocenters. The van der Waals surface area contributed by atoms with Crippen LogP contribution in [0.25, 0.3) is 0 Å². The molecule has 9 heteroatoms. The second kappa shape index (κ2) is 45.8. The van der Waals surface area contributed by atoms with Crippen LogP contribution in [0.1, 0.15) is 219 Å². The highest BCUT2D eigenvalue weighted by atomic mass is 16.7. The molecule has 0 saturated heterocycles. The van der Waals surface area contributed by atoms with Crippen LogP contribution in [0, 0.1) is 0 Å². The smallest absolute Gasteiger partial charge is 0.306 e. The van der Waals surface area contributed by atoms with Gasteiger partial charge in [0.05, 0.1) is 40.3 Å². The second-order valence-electron chi connectivity index (χ2n) is 18.4. The van der Waals surface area contributed by atoms with Gasteiger partial charge in [-0.3, -0.25) is 9.59 Å². The van der Waals surface area contributed by atoms with E-state index in [0.29, 0.717) is 23.9 Å². The Balaban J connectivity index is 4.11. The Bertz CT molecular complexity index is 1170. The average Bonchev–Trinajstić information content (AvgIpc) is 3.24. The van der Waals surface area contributed by atoms with Crippen molar-refractivity contribution in [2.75, 3.05) is 47.5 Å². The molecule has 63 heavy (non-hydrogen) atoms. The van der Waals surface area contributed by atoms with E-state index < -0.39 is 24.3 Å². The van der Waals surface area contributed by atoms with Crippen LogP contribution in [-0.2, 0) is 33.3 Å². The van der Waals surface area contributed by atoms with E-state index in [9.17, 15) is 19.5 Å². The number of allylic oxidation sites excluding steroid dienone is 8. The number of unbranched alkanes of at least 4 members (excludes halogenated alkanes) is 24. The van der Waals surface area contributed by atoms with Gasteiger partial charge in [-0.2, -0.15) is 0 Å². The number of aliphatic carboxylic acids is 1. The van der Waals surface area contributed by atoms with Gasteiger partial charge in [0.1, 0.15) is 13.2 Å². The lowest BCUT2D eigenvalue weighted by atomic mass is 10.0. The number of esters is 2. The predicted molar refractivity (Wildman–Crippen MR) is 260 cm³/mol. The number of hydrogen-bond donors (Lipinski definition) is 0.